The SMILES string of the molecule is O=[N+]([O-])c1ccc2nc(Sc3nnc(CCc4ccccc4)s3)sc2c1. The van der Waals surface area contributed by atoms with E-state index in [0.717, 1.165) is 36.7 Å². The lowest BCUT2D eigenvalue weighted by Gasteiger charge is -1.96. The number of rotatable bonds is 6. The predicted molar refractivity (Wildman–Crippen MR) is 104 cm³/mol. The van der Waals surface area contributed by atoms with Crippen LogP contribution in [0.3, 0.4) is 0 Å². The smallest absolute Gasteiger partial charge is 0.258 e. The van der Waals surface area contributed by atoms with Gasteiger partial charge in [-0.3, -0.25) is 10.1 Å². The molecule has 130 valence electrons. The Hall–Kier alpha value is -2.36. The maximum absolute atomic E-state index is 10.9. The van der Waals surface area contributed by atoms with E-state index in [1.807, 2.05) is 18.2 Å². The average molecular weight is 401 g/mol. The van der Waals surface area contributed by atoms with Crippen LogP contribution in [0.4, 0.5) is 5.69 Å². The number of thiazole rings is 1. The lowest BCUT2D eigenvalue weighted by Crippen LogP contribution is -1.89. The zero-order chi connectivity index (χ0) is 17.9. The van der Waals surface area contributed by atoms with Gasteiger partial charge < -0.3 is 0 Å². The summed E-state index contributed by atoms with van der Waals surface area (Å²) in [7, 11) is 0. The zero-order valence-electron chi connectivity index (χ0n) is 13.4. The lowest BCUT2D eigenvalue weighted by atomic mass is 10.1. The Morgan fingerprint density at radius 1 is 1.00 bits per heavy atom. The van der Waals surface area contributed by atoms with E-state index in [2.05, 4.69) is 27.3 Å². The van der Waals surface area contributed by atoms with Crippen LogP contribution in [0.5, 0.6) is 0 Å². The second-order valence-electron chi connectivity index (χ2n) is 5.44. The Kier molecular flexibility index (Phi) is 4.91. The van der Waals surface area contributed by atoms with Crippen LogP contribution in [-0.2, 0) is 12.8 Å². The first-order chi connectivity index (χ1) is 12.7. The highest BCUT2D eigenvalue weighted by Gasteiger charge is 2.13. The molecule has 0 radical (unpaired) electrons. The van der Waals surface area contributed by atoms with Gasteiger partial charge in [0.1, 0.15) is 5.01 Å². The van der Waals surface area contributed by atoms with Crippen LogP contribution in [0.2, 0.25) is 0 Å². The van der Waals surface area contributed by atoms with E-state index in [9.17, 15) is 10.1 Å². The number of non-ortho nitro benzene ring substituents is 1. The van der Waals surface area contributed by atoms with Gasteiger partial charge in [0.2, 0.25) is 0 Å². The Morgan fingerprint density at radius 2 is 1.85 bits per heavy atom. The number of aromatic nitrogens is 3. The van der Waals surface area contributed by atoms with Crippen molar-refractivity contribution < 1.29 is 4.92 Å². The molecule has 0 fully saturated rings. The average Bonchev–Trinajstić information content (AvgIpc) is 3.26. The van der Waals surface area contributed by atoms with Gasteiger partial charge in [-0.25, -0.2) is 4.98 Å². The number of fused-ring (bicyclic) bond motifs is 1. The number of aryl methyl sites for hydroxylation is 2. The molecule has 9 heteroatoms. The molecule has 0 spiro atoms. The molecule has 0 saturated heterocycles. The Morgan fingerprint density at radius 3 is 2.65 bits per heavy atom. The second-order valence-corrected chi connectivity index (χ2v) is 9.03. The Balaban J connectivity index is 1.45. The van der Waals surface area contributed by atoms with Crippen LogP contribution in [0.15, 0.2) is 57.2 Å². The molecule has 2 heterocycles. The van der Waals surface area contributed by atoms with Crippen molar-refractivity contribution in [1.29, 1.82) is 0 Å². The molecular weight excluding hydrogens is 388 g/mol. The third-order valence-electron chi connectivity index (χ3n) is 3.66. The van der Waals surface area contributed by atoms with Gasteiger partial charge >= 0.3 is 0 Å². The summed E-state index contributed by atoms with van der Waals surface area (Å²) in [5, 5.41) is 20.4. The van der Waals surface area contributed by atoms with Gasteiger partial charge in [-0.15, -0.1) is 21.5 Å². The fourth-order valence-corrected chi connectivity index (χ4v) is 5.60. The number of hydrogen-bond donors (Lipinski definition) is 0. The van der Waals surface area contributed by atoms with Crippen LogP contribution in [0.1, 0.15) is 10.6 Å². The molecule has 0 unspecified atom stereocenters. The topological polar surface area (TPSA) is 81.8 Å². The monoisotopic (exact) mass is 400 g/mol. The van der Waals surface area contributed by atoms with Crippen molar-refractivity contribution in [3.63, 3.8) is 0 Å². The highest BCUT2D eigenvalue weighted by Crippen LogP contribution is 2.36. The molecule has 4 aromatic rings. The summed E-state index contributed by atoms with van der Waals surface area (Å²) >= 11 is 4.45. The number of benzene rings is 2. The van der Waals surface area contributed by atoms with Crippen molar-refractivity contribution in [3.8, 4) is 0 Å². The van der Waals surface area contributed by atoms with Gasteiger partial charge in [0.15, 0.2) is 8.68 Å². The summed E-state index contributed by atoms with van der Waals surface area (Å²) in [5.74, 6) is 0. The molecule has 0 aliphatic rings. The summed E-state index contributed by atoms with van der Waals surface area (Å²) in [6, 6.07) is 15.0. The standard InChI is InChI=1S/C17H12N4O2S3/c22-21(23)12-7-8-13-14(10-12)24-16(18-13)26-17-20-19-15(25-17)9-6-11-4-2-1-3-5-11/h1-5,7-8,10H,6,9H2. The molecule has 0 amide bonds. The fourth-order valence-electron chi connectivity index (χ4n) is 2.40. The molecule has 0 bridgehead atoms. The largest absolute Gasteiger partial charge is 0.270 e. The van der Waals surface area contributed by atoms with Crippen molar-refractivity contribution >= 4 is 50.3 Å². The number of nitro benzene ring substituents is 1. The van der Waals surface area contributed by atoms with Crippen LogP contribution in [0.25, 0.3) is 10.2 Å². The highest BCUT2D eigenvalue weighted by atomic mass is 32.2. The summed E-state index contributed by atoms with van der Waals surface area (Å²) in [5.41, 5.74) is 2.12. The van der Waals surface area contributed by atoms with E-state index in [0.29, 0.717) is 0 Å². The molecule has 2 aromatic heterocycles. The molecule has 0 N–H and O–H groups in total. The van der Waals surface area contributed by atoms with E-state index in [1.165, 1.54) is 34.7 Å². The second kappa shape index (κ2) is 7.48. The highest BCUT2D eigenvalue weighted by molar-refractivity contribution is 8.02. The molecule has 6 nitrogen and oxygen atoms in total. The van der Waals surface area contributed by atoms with Crippen LogP contribution in [-0.4, -0.2) is 20.1 Å². The van der Waals surface area contributed by atoms with E-state index in [1.54, 1.807) is 23.5 Å². The van der Waals surface area contributed by atoms with Gasteiger partial charge in [0.25, 0.3) is 5.69 Å². The van der Waals surface area contributed by atoms with Gasteiger partial charge in [-0.05, 0) is 29.8 Å². The summed E-state index contributed by atoms with van der Waals surface area (Å²) in [6.45, 7) is 0. The van der Waals surface area contributed by atoms with Crippen molar-refractivity contribution in [2.75, 3.05) is 0 Å². The van der Waals surface area contributed by atoms with Crippen molar-refractivity contribution in [1.82, 2.24) is 15.2 Å². The molecule has 4 rings (SSSR count). The molecule has 0 atom stereocenters. The first kappa shape index (κ1) is 17.1. The first-order valence-corrected chi connectivity index (χ1v) is 10.2. The Labute approximate surface area is 161 Å². The molecule has 0 aliphatic heterocycles. The summed E-state index contributed by atoms with van der Waals surface area (Å²) < 4.78 is 2.45. The zero-order valence-corrected chi connectivity index (χ0v) is 15.8. The third kappa shape index (κ3) is 3.90. The molecule has 2 aromatic carbocycles. The molecule has 26 heavy (non-hydrogen) atoms. The minimum absolute atomic E-state index is 0.0804. The fraction of sp³-hybridized carbons (Fsp3) is 0.118. The van der Waals surface area contributed by atoms with E-state index >= 15 is 0 Å². The lowest BCUT2D eigenvalue weighted by molar-refractivity contribution is -0.384. The minimum Gasteiger partial charge on any atom is -0.258 e. The van der Waals surface area contributed by atoms with E-state index in [4.69, 9.17) is 0 Å². The van der Waals surface area contributed by atoms with Gasteiger partial charge in [0.05, 0.1) is 15.1 Å². The van der Waals surface area contributed by atoms with E-state index < -0.39 is 4.92 Å². The predicted octanol–water partition coefficient (Wildman–Crippen LogP) is 4.99. The normalized spacial score (nSPS) is 11.1. The summed E-state index contributed by atoms with van der Waals surface area (Å²) in [6.07, 6.45) is 1.79. The number of hydrogen-bond acceptors (Lipinski definition) is 8. The van der Waals surface area contributed by atoms with Crippen molar-refractivity contribution in [2.45, 2.75) is 21.5 Å². The maximum Gasteiger partial charge on any atom is 0.270 e. The summed E-state index contributed by atoms with van der Waals surface area (Å²) in [4.78, 5) is 15.0. The van der Waals surface area contributed by atoms with Crippen LogP contribution in [0, 0.1) is 10.1 Å². The minimum atomic E-state index is -0.393. The van der Waals surface area contributed by atoms with Crippen LogP contribution < -0.4 is 0 Å². The maximum atomic E-state index is 10.9. The molecule has 0 saturated carbocycles. The van der Waals surface area contributed by atoms with E-state index in [-0.39, 0.29) is 5.69 Å². The third-order valence-corrected chi connectivity index (χ3v) is 6.77. The van der Waals surface area contributed by atoms with Crippen molar-refractivity contribution in [2.24, 2.45) is 0 Å². The molecule has 0 aliphatic carbocycles. The first-order valence-electron chi connectivity index (χ1n) is 7.76. The molecular formula is C17H12N4O2S3. The van der Waals surface area contributed by atoms with Gasteiger partial charge in [-0.1, -0.05) is 41.7 Å². The van der Waals surface area contributed by atoms with Crippen molar-refractivity contribution in [3.05, 3.63) is 69.2 Å². The van der Waals surface area contributed by atoms with Gasteiger partial charge in [0, 0.05) is 18.6 Å². The Bertz CT molecular complexity index is 1060. The number of nitro groups is 1. The van der Waals surface area contributed by atoms with Gasteiger partial charge in [-0.2, -0.15) is 0 Å². The quantitative estimate of drug-likeness (QED) is 0.335. The number of nitrogens with zero attached hydrogens (tertiary/aromatic N) is 4. The van der Waals surface area contributed by atoms with Crippen LogP contribution >= 0.6 is 34.4 Å².